The van der Waals surface area contributed by atoms with Crippen molar-refractivity contribution in [3.63, 3.8) is 0 Å². The fourth-order valence-corrected chi connectivity index (χ4v) is 8.88. The third kappa shape index (κ3) is 9.21. The van der Waals surface area contributed by atoms with E-state index >= 15 is 0 Å². The second kappa shape index (κ2) is 14.7. The van der Waals surface area contributed by atoms with Crippen LogP contribution in [0.5, 0.6) is 0 Å². The summed E-state index contributed by atoms with van der Waals surface area (Å²) in [5.74, 6) is 0. The summed E-state index contributed by atoms with van der Waals surface area (Å²) in [6.07, 6.45) is 2.53. The van der Waals surface area contributed by atoms with Crippen LogP contribution < -0.4 is 10.6 Å². The fourth-order valence-electron chi connectivity index (χ4n) is 3.49. The van der Waals surface area contributed by atoms with E-state index in [0.717, 1.165) is 24.4 Å². The fraction of sp³-hybridized carbons (Fsp3) is 0.435. The van der Waals surface area contributed by atoms with E-state index in [0.29, 0.717) is 0 Å². The number of hydrogen-bond acceptors (Lipinski definition) is 0. The monoisotopic (exact) mass is 445 g/mol. The number of hydrogen-bond donors (Lipinski definition) is 0. The standard InChI is InChI=1S/C22H32NP2.CH3.Fe/c1-19(2)24(20(3)4)17-15-23-16-18-25(21-11-7-5-8-12-21)22-13-9-6-10-14-22;;/h5-14,19-20H,15-18H2,1-4H3;1H3;/q2*-1;+2/p+2. The summed E-state index contributed by atoms with van der Waals surface area (Å²) in [5, 5.41) is 7.92. The van der Waals surface area contributed by atoms with E-state index in [1.807, 2.05) is 0 Å². The first kappa shape index (κ1) is 26.8. The average Bonchev–Trinajstić information content (AvgIpc) is 2.62. The first-order valence-electron chi connectivity index (χ1n) is 9.55. The summed E-state index contributed by atoms with van der Waals surface area (Å²) in [4.78, 5) is 0. The molecule has 0 saturated heterocycles. The van der Waals surface area contributed by atoms with Crippen molar-refractivity contribution >= 4 is 26.5 Å². The van der Waals surface area contributed by atoms with Crippen molar-refractivity contribution in [1.82, 2.24) is 0 Å². The molecule has 0 heterocycles. The minimum absolute atomic E-state index is 0. The van der Waals surface area contributed by atoms with Gasteiger partial charge in [-0.1, -0.05) is 36.4 Å². The van der Waals surface area contributed by atoms with Crippen LogP contribution in [0.3, 0.4) is 0 Å². The molecule has 0 atom stereocenters. The van der Waals surface area contributed by atoms with Crippen molar-refractivity contribution < 1.29 is 17.1 Å². The third-order valence-corrected chi connectivity index (χ3v) is 11.4. The molecule has 0 aliphatic rings. The molecule has 0 unspecified atom stereocenters. The largest absolute Gasteiger partial charge is 2.00 e. The maximum atomic E-state index is 4.92. The van der Waals surface area contributed by atoms with Crippen LogP contribution in [0.25, 0.3) is 5.32 Å². The SMILES string of the molecule is CC(C)[PH+](CC[N-]CC[PH+](c1ccccc1)c1ccccc1)C(C)C.[CH3-].[Fe+2]. The van der Waals surface area contributed by atoms with Crippen molar-refractivity contribution in [3.05, 3.63) is 73.4 Å². The van der Waals surface area contributed by atoms with Gasteiger partial charge in [0.1, 0.15) is 0 Å². The maximum absolute atomic E-state index is 4.92. The zero-order chi connectivity index (χ0) is 18.1. The van der Waals surface area contributed by atoms with Crippen LogP contribution in [0.2, 0.25) is 0 Å². The first-order valence-corrected chi connectivity index (χ1v) is 13.1. The van der Waals surface area contributed by atoms with Gasteiger partial charge in [0, 0.05) is 20.2 Å². The van der Waals surface area contributed by atoms with Gasteiger partial charge in [-0.3, -0.25) is 0 Å². The molecule has 150 valence electrons. The second-order valence-corrected chi connectivity index (χ2v) is 13.8. The van der Waals surface area contributed by atoms with Crippen molar-refractivity contribution in [1.29, 1.82) is 0 Å². The quantitative estimate of drug-likeness (QED) is 0.193. The van der Waals surface area contributed by atoms with Gasteiger partial charge in [0.2, 0.25) is 0 Å². The Hall–Kier alpha value is -0.221. The summed E-state index contributed by atoms with van der Waals surface area (Å²) in [5.41, 5.74) is 1.71. The number of nitrogens with zero attached hydrogens (tertiary/aromatic N) is 1. The van der Waals surface area contributed by atoms with E-state index < -0.39 is 7.92 Å². The Morgan fingerprint density at radius 2 is 1.11 bits per heavy atom. The Bertz CT molecular complexity index is 542. The van der Waals surface area contributed by atoms with Crippen LogP contribution in [-0.4, -0.2) is 36.7 Å². The van der Waals surface area contributed by atoms with E-state index in [1.54, 1.807) is 0 Å². The van der Waals surface area contributed by atoms with E-state index in [9.17, 15) is 0 Å². The Kier molecular flexibility index (Phi) is 14.6. The van der Waals surface area contributed by atoms with Gasteiger partial charge in [-0.25, -0.2) is 0 Å². The maximum Gasteiger partial charge on any atom is 2.00 e. The van der Waals surface area contributed by atoms with Crippen LogP contribution in [0.15, 0.2) is 60.7 Å². The normalized spacial score (nSPS) is 11.0. The van der Waals surface area contributed by atoms with Gasteiger partial charge >= 0.3 is 17.1 Å². The van der Waals surface area contributed by atoms with Crippen molar-refractivity contribution in [3.8, 4) is 0 Å². The Morgan fingerprint density at radius 1 is 0.704 bits per heavy atom. The molecule has 0 aromatic heterocycles. The minimum atomic E-state index is -0.718. The summed E-state index contributed by atoms with van der Waals surface area (Å²) >= 11 is 0. The second-order valence-electron chi connectivity index (χ2n) is 7.27. The molecule has 2 aromatic carbocycles. The molecule has 2 rings (SSSR count). The van der Waals surface area contributed by atoms with Crippen molar-refractivity contribution in [2.75, 3.05) is 25.4 Å². The first-order chi connectivity index (χ1) is 12.1. The molecule has 0 amide bonds. The molecule has 0 radical (unpaired) electrons. The molecule has 0 N–H and O–H groups in total. The summed E-state index contributed by atoms with van der Waals surface area (Å²) in [6.45, 7) is 11.6. The molecule has 0 saturated carbocycles. The van der Waals surface area contributed by atoms with E-state index in [2.05, 4.69) is 88.4 Å². The van der Waals surface area contributed by atoms with E-state index in [4.69, 9.17) is 5.32 Å². The molecular weight excluding hydrogens is 408 g/mol. The molecule has 0 aliphatic heterocycles. The summed E-state index contributed by atoms with van der Waals surface area (Å²) in [6, 6.07) is 22.1. The van der Waals surface area contributed by atoms with Crippen LogP contribution >= 0.6 is 15.8 Å². The van der Waals surface area contributed by atoms with Gasteiger partial charge < -0.3 is 12.7 Å². The molecule has 1 nitrogen and oxygen atoms in total. The van der Waals surface area contributed by atoms with Gasteiger partial charge in [0.15, 0.2) is 0 Å². The zero-order valence-corrected chi connectivity index (χ0v) is 20.7. The van der Waals surface area contributed by atoms with Crippen molar-refractivity contribution in [2.45, 2.75) is 39.0 Å². The molecule has 0 fully saturated rings. The molecule has 0 spiro atoms. The third-order valence-electron chi connectivity index (χ3n) is 4.81. The minimum Gasteiger partial charge on any atom is -0.656 e. The Labute approximate surface area is 181 Å². The Balaban J connectivity index is 0.00000338. The molecule has 4 heteroatoms. The van der Waals surface area contributed by atoms with E-state index in [1.165, 1.54) is 22.9 Å². The topological polar surface area (TPSA) is 14.1 Å². The average molecular weight is 445 g/mol. The molecule has 0 aliphatic carbocycles. The number of rotatable bonds is 10. The summed E-state index contributed by atoms with van der Waals surface area (Å²) in [7, 11) is -0.986. The molecule has 0 bridgehead atoms. The molecule has 2 aromatic rings. The smallest absolute Gasteiger partial charge is 0.656 e. The predicted octanol–water partition coefficient (Wildman–Crippen LogP) is 5.70. The van der Waals surface area contributed by atoms with Gasteiger partial charge in [-0.15, -0.1) is 13.1 Å². The zero-order valence-electron chi connectivity index (χ0n) is 17.6. The van der Waals surface area contributed by atoms with Crippen LogP contribution in [0, 0.1) is 7.43 Å². The van der Waals surface area contributed by atoms with Crippen molar-refractivity contribution in [2.24, 2.45) is 0 Å². The van der Waals surface area contributed by atoms with E-state index in [-0.39, 0.29) is 32.4 Å². The predicted molar refractivity (Wildman–Crippen MR) is 128 cm³/mol. The number of benzene rings is 2. The summed E-state index contributed by atoms with van der Waals surface area (Å²) < 4.78 is 0. The van der Waals surface area contributed by atoms with Crippen LogP contribution in [-0.2, 0) is 17.1 Å². The van der Waals surface area contributed by atoms with Crippen LogP contribution in [0.1, 0.15) is 27.7 Å². The van der Waals surface area contributed by atoms with Gasteiger partial charge in [0.05, 0.1) is 29.8 Å². The molecular formula is C23H37FeNP2+2. The molecule has 27 heavy (non-hydrogen) atoms. The van der Waals surface area contributed by atoms with Gasteiger partial charge in [-0.05, 0) is 52.0 Å². The van der Waals surface area contributed by atoms with Gasteiger partial charge in [0.25, 0.3) is 0 Å². The Morgan fingerprint density at radius 3 is 1.52 bits per heavy atom. The van der Waals surface area contributed by atoms with Crippen LogP contribution in [0.4, 0.5) is 0 Å². The van der Waals surface area contributed by atoms with Gasteiger partial charge in [-0.2, -0.15) is 0 Å².